The highest BCUT2D eigenvalue weighted by Gasteiger charge is 2.45. The molecule has 230 valence electrons. The third-order valence-electron chi connectivity index (χ3n) is 8.88. The Kier molecular flexibility index (Phi) is 11.3. The minimum absolute atomic E-state index is 0.159. The van der Waals surface area contributed by atoms with E-state index in [-0.39, 0.29) is 30.6 Å². The molecule has 0 radical (unpaired) electrons. The van der Waals surface area contributed by atoms with Gasteiger partial charge in [-0.1, -0.05) is 75.3 Å². The van der Waals surface area contributed by atoms with Crippen LogP contribution in [0.25, 0.3) is 0 Å². The molecular weight excluding hydrogens is 538 g/mol. The fourth-order valence-electron chi connectivity index (χ4n) is 6.49. The van der Waals surface area contributed by atoms with Crippen molar-refractivity contribution >= 4 is 29.5 Å². The summed E-state index contributed by atoms with van der Waals surface area (Å²) in [5, 5.41) is 17.8. The van der Waals surface area contributed by atoms with E-state index in [0.717, 1.165) is 37.7 Å². The number of carbonyl (C=O) groups is 5. The van der Waals surface area contributed by atoms with Crippen LogP contribution in [0.1, 0.15) is 95.5 Å². The van der Waals surface area contributed by atoms with Crippen molar-refractivity contribution in [3.05, 3.63) is 35.9 Å². The molecule has 11 nitrogen and oxygen atoms in total. The second-order valence-electron chi connectivity index (χ2n) is 11.9. The Labute approximate surface area is 247 Å². The third-order valence-corrected chi connectivity index (χ3v) is 8.88. The Balaban J connectivity index is 1.62. The van der Waals surface area contributed by atoms with Crippen molar-refractivity contribution in [3.63, 3.8) is 0 Å². The first-order chi connectivity index (χ1) is 20.3. The molecule has 11 heteroatoms. The molecule has 5 N–H and O–H groups in total. The van der Waals surface area contributed by atoms with Crippen LogP contribution in [0, 0.1) is 0 Å². The Bertz CT molecular complexity index is 1100. The predicted octanol–water partition coefficient (Wildman–Crippen LogP) is 2.26. The average Bonchev–Trinajstić information content (AvgIpc) is 3.47. The Morgan fingerprint density at radius 2 is 1.60 bits per heavy atom. The largest absolute Gasteiger partial charge is 0.343 e. The summed E-state index contributed by atoms with van der Waals surface area (Å²) >= 11 is 0. The van der Waals surface area contributed by atoms with Gasteiger partial charge in [-0.15, -0.1) is 0 Å². The highest BCUT2D eigenvalue weighted by atomic mass is 16.5. The van der Waals surface area contributed by atoms with E-state index in [9.17, 15) is 24.0 Å². The minimum atomic E-state index is -1.18. The molecule has 2 heterocycles. The third kappa shape index (κ3) is 8.08. The highest BCUT2D eigenvalue weighted by Crippen LogP contribution is 2.29. The molecule has 1 aliphatic carbocycles. The number of hydrogen-bond acceptors (Lipinski definition) is 6. The summed E-state index contributed by atoms with van der Waals surface area (Å²) in [7, 11) is 0. The van der Waals surface area contributed by atoms with Gasteiger partial charge in [-0.05, 0) is 44.1 Å². The first-order valence-corrected chi connectivity index (χ1v) is 15.5. The van der Waals surface area contributed by atoms with Gasteiger partial charge < -0.3 is 20.9 Å². The van der Waals surface area contributed by atoms with Crippen molar-refractivity contribution in [2.45, 2.75) is 120 Å². The van der Waals surface area contributed by atoms with Gasteiger partial charge in [-0.2, -0.15) is 0 Å². The van der Waals surface area contributed by atoms with E-state index >= 15 is 0 Å². The van der Waals surface area contributed by atoms with Gasteiger partial charge in [0.2, 0.25) is 29.5 Å². The van der Waals surface area contributed by atoms with Crippen LogP contribution in [0.5, 0.6) is 0 Å². The second kappa shape index (κ2) is 15.1. The van der Waals surface area contributed by atoms with E-state index in [2.05, 4.69) is 16.0 Å². The molecule has 1 saturated carbocycles. The van der Waals surface area contributed by atoms with Gasteiger partial charge in [0.15, 0.2) is 0 Å². The summed E-state index contributed by atoms with van der Waals surface area (Å²) in [6.45, 7) is 0.410. The molecule has 4 rings (SSSR count). The summed E-state index contributed by atoms with van der Waals surface area (Å²) < 4.78 is 0. The van der Waals surface area contributed by atoms with Gasteiger partial charge in [0.1, 0.15) is 23.7 Å². The Hall–Kier alpha value is -3.47. The lowest BCUT2D eigenvalue weighted by atomic mass is 9.82. The first-order valence-electron chi connectivity index (χ1n) is 15.5. The number of benzene rings is 1. The van der Waals surface area contributed by atoms with E-state index in [1.165, 1.54) is 0 Å². The summed E-state index contributed by atoms with van der Waals surface area (Å²) in [5.41, 5.74) is 1.33. The lowest BCUT2D eigenvalue weighted by Crippen LogP contribution is -2.66. The van der Waals surface area contributed by atoms with Gasteiger partial charge in [-0.3, -0.25) is 29.2 Å². The number of nitrogens with one attached hydrogen (secondary N) is 4. The number of carbonyl (C=O) groups excluding carboxylic acids is 5. The van der Waals surface area contributed by atoms with Crippen LogP contribution in [0.15, 0.2) is 30.3 Å². The molecule has 42 heavy (non-hydrogen) atoms. The number of unbranched alkanes of at least 4 members (excludes halogenated alkanes) is 2. The van der Waals surface area contributed by atoms with Gasteiger partial charge in [0, 0.05) is 19.4 Å². The van der Waals surface area contributed by atoms with Gasteiger partial charge in [0.25, 0.3) is 0 Å². The monoisotopic (exact) mass is 583 g/mol. The van der Waals surface area contributed by atoms with Crippen molar-refractivity contribution in [1.29, 1.82) is 0 Å². The highest BCUT2D eigenvalue weighted by molar-refractivity contribution is 5.99. The maximum Gasteiger partial charge on any atom is 0.246 e. The standard InChI is InChI=1S/C31H45N5O6/c37-26(35-42)17-9-5-8-15-23-27(38)34-31(18-10-2-1-3-11-19-31)30(41)33-24(21-22-13-6-4-7-14-22)29(40)36-20-12-16-25(36)28(39)32-23/h4,6-7,13-14,23-25,42H,1-3,5,8-12,15-21H2,(H,32,39)(H,33,41)(H,34,38)(H,35,37)/t23-,24-,25+/m0/s1. The number of rotatable bonds is 8. The van der Waals surface area contributed by atoms with Crippen molar-refractivity contribution in [2.75, 3.05) is 6.54 Å². The zero-order valence-corrected chi connectivity index (χ0v) is 24.4. The van der Waals surface area contributed by atoms with Crippen molar-refractivity contribution in [1.82, 2.24) is 26.3 Å². The number of amides is 5. The molecular formula is C31H45N5O6. The smallest absolute Gasteiger partial charge is 0.246 e. The molecule has 2 saturated heterocycles. The summed E-state index contributed by atoms with van der Waals surface area (Å²) in [6.07, 6.45) is 9.04. The average molecular weight is 584 g/mol. The van der Waals surface area contributed by atoms with Crippen LogP contribution in [0.4, 0.5) is 0 Å². The van der Waals surface area contributed by atoms with Crippen LogP contribution < -0.4 is 21.4 Å². The van der Waals surface area contributed by atoms with E-state index < -0.39 is 35.5 Å². The summed E-state index contributed by atoms with van der Waals surface area (Å²) in [6, 6.07) is 7.05. The fraction of sp³-hybridized carbons (Fsp3) is 0.645. The van der Waals surface area contributed by atoms with Crippen LogP contribution in [-0.2, 0) is 30.4 Å². The topological polar surface area (TPSA) is 157 Å². The summed E-state index contributed by atoms with van der Waals surface area (Å²) in [4.78, 5) is 68.5. The molecule has 1 aromatic carbocycles. The quantitative estimate of drug-likeness (QED) is 0.180. The number of fused-ring (bicyclic) bond motifs is 1. The molecule has 0 bridgehead atoms. The number of hydrogen-bond donors (Lipinski definition) is 5. The predicted molar refractivity (Wildman–Crippen MR) is 155 cm³/mol. The fourth-order valence-corrected chi connectivity index (χ4v) is 6.49. The van der Waals surface area contributed by atoms with Gasteiger partial charge >= 0.3 is 0 Å². The molecule has 5 amide bonds. The normalized spacial score (nSPS) is 25.2. The lowest BCUT2D eigenvalue weighted by Gasteiger charge is -2.39. The SMILES string of the molecule is O=C(CCCCC[C@@H]1NC(=O)[C@H]2CCCN2C(=O)[C@H](Cc2ccccc2)NC(=O)C2(CCCCCCC2)NC1=O)NO. The van der Waals surface area contributed by atoms with E-state index in [1.807, 2.05) is 30.3 Å². The Morgan fingerprint density at radius 3 is 2.31 bits per heavy atom. The molecule has 1 aromatic rings. The lowest BCUT2D eigenvalue weighted by molar-refractivity contribution is -0.145. The molecule has 2 aliphatic heterocycles. The van der Waals surface area contributed by atoms with Crippen LogP contribution in [0.2, 0.25) is 0 Å². The maximum atomic E-state index is 14.2. The van der Waals surface area contributed by atoms with Crippen LogP contribution in [-0.4, -0.2) is 69.9 Å². The molecule has 3 fully saturated rings. The Morgan fingerprint density at radius 1 is 0.881 bits per heavy atom. The molecule has 1 spiro atoms. The minimum Gasteiger partial charge on any atom is -0.343 e. The second-order valence-corrected chi connectivity index (χ2v) is 11.9. The number of hydroxylamine groups is 1. The van der Waals surface area contributed by atoms with Gasteiger partial charge in [-0.25, -0.2) is 5.48 Å². The zero-order chi connectivity index (χ0) is 30.0. The first kappa shape index (κ1) is 31.5. The number of nitrogens with zero attached hydrogens (tertiary/aromatic N) is 1. The molecule has 3 atom stereocenters. The van der Waals surface area contributed by atoms with Crippen molar-refractivity contribution in [3.8, 4) is 0 Å². The maximum absolute atomic E-state index is 14.2. The van der Waals surface area contributed by atoms with Crippen molar-refractivity contribution in [2.24, 2.45) is 0 Å². The van der Waals surface area contributed by atoms with E-state index in [4.69, 9.17) is 5.21 Å². The van der Waals surface area contributed by atoms with Gasteiger partial charge in [0.05, 0.1) is 0 Å². The molecule has 0 aromatic heterocycles. The van der Waals surface area contributed by atoms with Crippen LogP contribution in [0.3, 0.4) is 0 Å². The van der Waals surface area contributed by atoms with E-state index in [1.54, 1.807) is 10.4 Å². The molecule has 3 aliphatic rings. The summed E-state index contributed by atoms with van der Waals surface area (Å²) in [5.74, 6) is -1.86. The molecule has 0 unspecified atom stereocenters. The zero-order valence-electron chi connectivity index (χ0n) is 24.4. The van der Waals surface area contributed by atoms with Crippen LogP contribution >= 0.6 is 0 Å². The van der Waals surface area contributed by atoms with Crippen molar-refractivity contribution < 1.29 is 29.2 Å². The van der Waals surface area contributed by atoms with E-state index in [0.29, 0.717) is 57.9 Å².